The van der Waals surface area contributed by atoms with Crippen LogP contribution in [0, 0.1) is 12.3 Å². The molecule has 1 aromatic rings. The Balaban J connectivity index is 0. The van der Waals surface area contributed by atoms with E-state index in [4.69, 9.17) is 20.6 Å². The van der Waals surface area contributed by atoms with Crippen molar-refractivity contribution in [3.05, 3.63) is 30.3 Å². The molecule has 1 aromatic carbocycles. The van der Waals surface area contributed by atoms with Crippen LogP contribution in [0.15, 0.2) is 30.3 Å². The zero-order chi connectivity index (χ0) is 17.9. The number of hydrogen-bond donors (Lipinski definition) is 0. The fourth-order valence-corrected chi connectivity index (χ4v) is 0.990. The van der Waals surface area contributed by atoms with E-state index in [1.54, 1.807) is 21.3 Å². The number of rotatable bonds is 4. The highest BCUT2D eigenvalue weighted by atomic mass is 16.6. The number of carbonyl (C=O) groups excluding carboxylic acids is 1. The standard InChI is InChI=1S/C7H8O.C4H8O2.C4H6O.C3H6O/c1-8-7-5-3-2-4-6-7;1-5-2-4-3-6-4;1-3-4-5-2;1-3(2)4/h2-6H,1H3;4H,2-3H2,1H3;1H,4H2,2H3;1-2H3. The minimum absolute atomic E-state index is 0.167. The smallest absolute Gasteiger partial charge is 0.126 e. The van der Waals surface area contributed by atoms with Crippen molar-refractivity contribution < 1.29 is 23.7 Å². The number of carbonyl (C=O) groups is 1. The summed E-state index contributed by atoms with van der Waals surface area (Å²) in [5, 5.41) is 0. The maximum Gasteiger partial charge on any atom is 0.126 e. The number of para-hydroxylation sites is 1. The molecule has 0 spiro atoms. The van der Waals surface area contributed by atoms with Gasteiger partial charge in [0.15, 0.2) is 0 Å². The molecule has 1 saturated heterocycles. The summed E-state index contributed by atoms with van der Waals surface area (Å²) in [5.41, 5.74) is 0. The Kier molecular flexibility index (Phi) is 18.5. The molecule has 0 bridgehead atoms. The van der Waals surface area contributed by atoms with Gasteiger partial charge in [0.05, 0.1) is 20.3 Å². The second-order valence-electron chi connectivity index (χ2n) is 4.47. The molecule has 23 heavy (non-hydrogen) atoms. The number of terminal acetylenes is 1. The Morgan fingerprint density at radius 2 is 1.74 bits per heavy atom. The van der Waals surface area contributed by atoms with E-state index in [2.05, 4.69) is 10.7 Å². The molecule has 0 N–H and O–H groups in total. The van der Waals surface area contributed by atoms with Gasteiger partial charge in [-0.05, 0) is 26.0 Å². The monoisotopic (exact) mass is 324 g/mol. The van der Waals surface area contributed by atoms with E-state index >= 15 is 0 Å². The van der Waals surface area contributed by atoms with Crippen LogP contribution in [-0.4, -0.2) is 53.0 Å². The average Bonchev–Trinajstić information content (AvgIpc) is 3.34. The van der Waals surface area contributed by atoms with Crippen LogP contribution in [0.3, 0.4) is 0 Å². The molecule has 1 unspecified atom stereocenters. The molecule has 0 amide bonds. The van der Waals surface area contributed by atoms with Crippen molar-refractivity contribution in [2.45, 2.75) is 20.0 Å². The van der Waals surface area contributed by atoms with Gasteiger partial charge in [-0.15, -0.1) is 6.42 Å². The molecule has 1 atom stereocenters. The summed E-state index contributed by atoms with van der Waals surface area (Å²) in [6.07, 6.45) is 5.19. The first-order chi connectivity index (χ1) is 11.0. The Labute approximate surface area is 139 Å². The first-order valence-corrected chi connectivity index (χ1v) is 7.10. The number of epoxide rings is 1. The molecule has 0 aromatic heterocycles. The molecule has 5 nitrogen and oxygen atoms in total. The first kappa shape index (κ1) is 23.4. The van der Waals surface area contributed by atoms with Gasteiger partial charge >= 0.3 is 0 Å². The van der Waals surface area contributed by atoms with E-state index in [1.165, 1.54) is 13.8 Å². The van der Waals surface area contributed by atoms with Crippen LogP contribution in [0.25, 0.3) is 0 Å². The van der Waals surface area contributed by atoms with Crippen LogP contribution < -0.4 is 4.74 Å². The van der Waals surface area contributed by atoms with E-state index in [1.807, 2.05) is 30.3 Å². The van der Waals surface area contributed by atoms with Crippen molar-refractivity contribution in [3.8, 4) is 18.1 Å². The molecule has 2 rings (SSSR count). The van der Waals surface area contributed by atoms with E-state index in [9.17, 15) is 4.79 Å². The van der Waals surface area contributed by atoms with Gasteiger partial charge in [-0.1, -0.05) is 24.1 Å². The number of ketones is 1. The topological polar surface area (TPSA) is 57.3 Å². The van der Waals surface area contributed by atoms with E-state index < -0.39 is 0 Å². The minimum Gasteiger partial charge on any atom is -0.497 e. The van der Waals surface area contributed by atoms with Gasteiger partial charge in [0.1, 0.15) is 24.2 Å². The molecule has 5 heteroatoms. The summed E-state index contributed by atoms with van der Waals surface area (Å²) in [7, 11) is 4.91. The highest BCUT2D eigenvalue weighted by Gasteiger charge is 2.21. The predicted octanol–water partition coefficient (Wildman–Crippen LogP) is 2.59. The van der Waals surface area contributed by atoms with Crippen LogP contribution in [0.4, 0.5) is 0 Å². The Hall–Kier alpha value is -1.87. The molecule has 130 valence electrons. The fraction of sp³-hybridized carbons (Fsp3) is 0.500. The van der Waals surface area contributed by atoms with Crippen LogP contribution in [0.5, 0.6) is 5.75 Å². The summed E-state index contributed by atoms with van der Waals surface area (Å²) in [6.45, 7) is 5.13. The molecule has 1 fully saturated rings. The molecule has 0 radical (unpaired) electrons. The van der Waals surface area contributed by atoms with Crippen LogP contribution >= 0.6 is 0 Å². The van der Waals surface area contributed by atoms with E-state index in [0.29, 0.717) is 12.7 Å². The van der Waals surface area contributed by atoms with Crippen LogP contribution in [0.1, 0.15) is 13.8 Å². The molecule has 0 aliphatic carbocycles. The molecular formula is C18H28O5. The van der Waals surface area contributed by atoms with Crippen molar-refractivity contribution in [1.82, 2.24) is 0 Å². The van der Waals surface area contributed by atoms with Gasteiger partial charge in [0, 0.05) is 14.2 Å². The van der Waals surface area contributed by atoms with Gasteiger partial charge in [0.2, 0.25) is 0 Å². The summed E-state index contributed by atoms with van der Waals surface area (Å²) in [6, 6.07) is 9.68. The van der Waals surface area contributed by atoms with E-state index in [-0.39, 0.29) is 5.78 Å². The third-order valence-corrected chi connectivity index (χ3v) is 1.96. The Morgan fingerprint density at radius 1 is 1.22 bits per heavy atom. The SMILES string of the molecule is C#CCOC.CC(C)=O.COCC1CO1.COc1ccccc1. The fourth-order valence-electron chi connectivity index (χ4n) is 0.990. The third-order valence-electron chi connectivity index (χ3n) is 1.96. The largest absolute Gasteiger partial charge is 0.497 e. The molecule has 1 heterocycles. The van der Waals surface area contributed by atoms with E-state index in [0.717, 1.165) is 19.0 Å². The van der Waals surface area contributed by atoms with Crippen LogP contribution in [-0.2, 0) is 19.0 Å². The second-order valence-corrected chi connectivity index (χ2v) is 4.47. The molecular weight excluding hydrogens is 296 g/mol. The van der Waals surface area contributed by atoms with Crippen molar-refractivity contribution in [2.75, 3.05) is 41.2 Å². The van der Waals surface area contributed by atoms with Gasteiger partial charge in [0.25, 0.3) is 0 Å². The number of benzene rings is 1. The Morgan fingerprint density at radius 3 is 1.91 bits per heavy atom. The van der Waals surface area contributed by atoms with Gasteiger partial charge in [-0.25, -0.2) is 0 Å². The highest BCUT2D eigenvalue weighted by Crippen LogP contribution is 2.07. The van der Waals surface area contributed by atoms with Crippen molar-refractivity contribution >= 4 is 5.78 Å². The number of hydrogen-bond acceptors (Lipinski definition) is 5. The summed E-state index contributed by atoms with van der Waals surface area (Å²) >= 11 is 0. The lowest BCUT2D eigenvalue weighted by molar-refractivity contribution is -0.114. The number of methoxy groups -OCH3 is 3. The third kappa shape index (κ3) is 25.4. The number of ether oxygens (including phenoxy) is 4. The lowest BCUT2D eigenvalue weighted by Gasteiger charge is -1.93. The molecule has 1 aliphatic rings. The minimum atomic E-state index is 0.167. The van der Waals surface area contributed by atoms with Crippen LogP contribution in [0.2, 0.25) is 0 Å². The lowest BCUT2D eigenvalue weighted by atomic mass is 10.3. The van der Waals surface area contributed by atoms with Gasteiger partial charge < -0.3 is 23.7 Å². The zero-order valence-corrected chi connectivity index (χ0v) is 14.7. The van der Waals surface area contributed by atoms with Gasteiger partial charge in [-0.2, -0.15) is 0 Å². The summed E-state index contributed by atoms with van der Waals surface area (Å²) < 4.78 is 18.9. The molecule has 1 aliphatic heterocycles. The van der Waals surface area contributed by atoms with Crippen molar-refractivity contribution in [3.63, 3.8) is 0 Å². The van der Waals surface area contributed by atoms with Gasteiger partial charge in [-0.3, -0.25) is 0 Å². The van der Waals surface area contributed by atoms with Crippen molar-refractivity contribution in [1.29, 1.82) is 0 Å². The summed E-state index contributed by atoms with van der Waals surface area (Å²) in [5.74, 6) is 3.37. The van der Waals surface area contributed by atoms with Crippen molar-refractivity contribution in [2.24, 2.45) is 0 Å². The predicted molar refractivity (Wildman–Crippen MR) is 91.7 cm³/mol. The Bertz CT molecular complexity index is 403. The first-order valence-electron chi connectivity index (χ1n) is 7.10. The quantitative estimate of drug-likeness (QED) is 0.629. The summed E-state index contributed by atoms with van der Waals surface area (Å²) in [4.78, 5) is 9.44. The zero-order valence-electron chi connectivity index (χ0n) is 14.7. The average molecular weight is 324 g/mol. The number of Topliss-reactive ketones (excluding diaryl/α,β-unsaturated/α-hetero) is 1. The molecule has 0 saturated carbocycles. The maximum atomic E-state index is 9.44. The second kappa shape index (κ2) is 18.2. The lowest BCUT2D eigenvalue weighted by Crippen LogP contribution is -1.94. The highest BCUT2D eigenvalue weighted by molar-refractivity contribution is 5.72. The normalized spacial score (nSPS) is 13.5. The maximum absolute atomic E-state index is 9.44.